The Morgan fingerprint density at radius 3 is 1.97 bits per heavy atom. The van der Waals surface area contributed by atoms with E-state index in [0.29, 0.717) is 0 Å². The molecule has 0 atom stereocenters. The second-order valence-corrected chi connectivity index (χ2v) is 9.52. The Hall–Kier alpha value is -2.29. The third kappa shape index (κ3) is 3.23. The molecule has 0 N–H and O–H groups in total. The van der Waals surface area contributed by atoms with Crippen LogP contribution in [0.15, 0.2) is 24.3 Å². The van der Waals surface area contributed by atoms with Gasteiger partial charge in [0.25, 0.3) is 0 Å². The van der Waals surface area contributed by atoms with Crippen LogP contribution in [0.3, 0.4) is 0 Å². The molecule has 1 saturated heterocycles. The molecule has 3 heterocycles. The van der Waals surface area contributed by atoms with E-state index in [1.165, 1.54) is 0 Å². The van der Waals surface area contributed by atoms with Crippen LogP contribution in [0, 0.1) is 6.92 Å². The summed E-state index contributed by atoms with van der Waals surface area (Å²) in [6.45, 7) is 5.62. The number of hydrogen-bond donors (Lipinski definition) is 0. The molecule has 0 bridgehead atoms. The molecule has 5 rings (SSSR count). The lowest BCUT2D eigenvalue weighted by atomic mass is 10.2. The van der Waals surface area contributed by atoms with Crippen LogP contribution in [0.5, 0.6) is 11.5 Å². The maximum absolute atomic E-state index is 6.39. The summed E-state index contributed by atoms with van der Waals surface area (Å²) in [6, 6.07) is 7.82. The number of rotatable bonds is 4. The predicted molar refractivity (Wildman–Crippen MR) is 127 cm³/mol. The molecule has 0 radical (unpaired) electrons. The summed E-state index contributed by atoms with van der Waals surface area (Å²) in [5.74, 6) is 1.60. The molecular weight excluding hydrogens is 440 g/mol. The minimum absolute atomic E-state index is 0.772. The Balaban J connectivity index is 1.39. The van der Waals surface area contributed by atoms with E-state index in [9.17, 15) is 0 Å². The van der Waals surface area contributed by atoms with Gasteiger partial charge in [-0.3, -0.25) is 0 Å². The summed E-state index contributed by atoms with van der Waals surface area (Å²) in [6.07, 6.45) is 0. The molecule has 0 amide bonds. The van der Waals surface area contributed by atoms with Crippen molar-refractivity contribution in [3.63, 3.8) is 0 Å². The van der Waals surface area contributed by atoms with Gasteiger partial charge in [-0.2, -0.15) is 0 Å². The smallest absolute Gasteiger partial charge is 0.186 e. The van der Waals surface area contributed by atoms with E-state index in [1.54, 1.807) is 36.9 Å². The van der Waals surface area contributed by atoms with E-state index in [1.807, 2.05) is 24.3 Å². The van der Waals surface area contributed by atoms with Crippen molar-refractivity contribution in [3.05, 3.63) is 34.9 Å². The number of aromatic nitrogens is 2. The molecule has 1 aliphatic heterocycles. The molecule has 2 aromatic carbocycles. The highest BCUT2D eigenvalue weighted by Gasteiger charge is 2.24. The monoisotopic (exact) mass is 460 g/mol. The number of aryl methyl sites for hydroxylation is 1. The highest BCUT2D eigenvalue weighted by molar-refractivity contribution is 7.23. The van der Waals surface area contributed by atoms with Crippen molar-refractivity contribution >= 4 is 65.0 Å². The van der Waals surface area contributed by atoms with Crippen LogP contribution in [0.4, 0.5) is 10.3 Å². The molecule has 156 valence electrons. The van der Waals surface area contributed by atoms with Gasteiger partial charge < -0.3 is 19.3 Å². The number of thiazole rings is 2. The average Bonchev–Trinajstić information content (AvgIpc) is 3.42. The minimum atomic E-state index is 0.772. The number of methoxy groups -OCH3 is 2. The van der Waals surface area contributed by atoms with Gasteiger partial charge in [0, 0.05) is 26.2 Å². The molecule has 0 unspecified atom stereocenters. The lowest BCUT2D eigenvalue weighted by Crippen LogP contribution is -2.46. The van der Waals surface area contributed by atoms with E-state index < -0.39 is 0 Å². The predicted octanol–water partition coefficient (Wildman–Crippen LogP) is 5.21. The maximum Gasteiger partial charge on any atom is 0.186 e. The van der Waals surface area contributed by atoms with Crippen molar-refractivity contribution in [1.82, 2.24) is 9.97 Å². The standard InChI is InChI=1S/C21H21ClN4O2S2/c1-12-4-5-13(22)18-16(12)23-20(29-18)25-8-10-26(11-9-25)21-24-17-14(27-2)6-7-15(28-3)19(17)30-21/h4-7H,8-11H2,1-3H3. The lowest BCUT2D eigenvalue weighted by Gasteiger charge is -2.34. The highest BCUT2D eigenvalue weighted by Crippen LogP contribution is 2.41. The van der Waals surface area contributed by atoms with Crippen molar-refractivity contribution in [2.45, 2.75) is 6.92 Å². The van der Waals surface area contributed by atoms with Crippen LogP contribution in [0.25, 0.3) is 20.4 Å². The zero-order chi connectivity index (χ0) is 20.8. The van der Waals surface area contributed by atoms with Gasteiger partial charge in [0.1, 0.15) is 21.7 Å². The fourth-order valence-corrected chi connectivity index (χ4v) is 6.22. The number of piperazine rings is 1. The Bertz CT molecular complexity index is 1150. The molecular formula is C21H21ClN4O2S2. The molecule has 6 nitrogen and oxygen atoms in total. The summed E-state index contributed by atoms with van der Waals surface area (Å²) >= 11 is 9.71. The number of benzene rings is 2. The Morgan fingerprint density at radius 1 is 0.800 bits per heavy atom. The molecule has 0 aliphatic carbocycles. The van der Waals surface area contributed by atoms with E-state index in [4.69, 9.17) is 31.0 Å². The summed E-state index contributed by atoms with van der Waals surface area (Å²) < 4.78 is 13.1. The highest BCUT2D eigenvalue weighted by atomic mass is 35.5. The van der Waals surface area contributed by atoms with Crippen LogP contribution >= 0.6 is 34.3 Å². The largest absolute Gasteiger partial charge is 0.495 e. The fraction of sp³-hybridized carbons (Fsp3) is 0.333. The first kappa shape index (κ1) is 19.7. The van der Waals surface area contributed by atoms with Gasteiger partial charge in [-0.1, -0.05) is 40.3 Å². The second kappa shape index (κ2) is 7.76. The average molecular weight is 461 g/mol. The van der Waals surface area contributed by atoms with Gasteiger partial charge in [-0.25, -0.2) is 9.97 Å². The van der Waals surface area contributed by atoms with Crippen LogP contribution in [0.2, 0.25) is 5.02 Å². The third-order valence-corrected chi connectivity index (χ3v) is 8.11. The van der Waals surface area contributed by atoms with Gasteiger partial charge >= 0.3 is 0 Å². The number of halogens is 1. The van der Waals surface area contributed by atoms with Crippen LogP contribution in [0.1, 0.15) is 5.56 Å². The van der Waals surface area contributed by atoms with Crippen molar-refractivity contribution in [2.24, 2.45) is 0 Å². The SMILES string of the molecule is COc1ccc(OC)c2sc(N3CCN(c4nc5c(C)ccc(Cl)c5s4)CC3)nc12. The zero-order valence-corrected chi connectivity index (χ0v) is 19.3. The summed E-state index contributed by atoms with van der Waals surface area (Å²) in [7, 11) is 3.36. The first-order chi connectivity index (χ1) is 14.6. The normalized spacial score (nSPS) is 14.7. The van der Waals surface area contributed by atoms with Crippen LogP contribution < -0.4 is 19.3 Å². The zero-order valence-electron chi connectivity index (χ0n) is 16.9. The van der Waals surface area contributed by atoms with E-state index in [-0.39, 0.29) is 0 Å². The van der Waals surface area contributed by atoms with Gasteiger partial charge in [0.05, 0.1) is 29.5 Å². The third-order valence-electron chi connectivity index (χ3n) is 5.41. The molecule has 30 heavy (non-hydrogen) atoms. The second-order valence-electron chi connectivity index (χ2n) is 7.16. The van der Waals surface area contributed by atoms with Gasteiger partial charge in [0.2, 0.25) is 0 Å². The topological polar surface area (TPSA) is 50.7 Å². The van der Waals surface area contributed by atoms with Crippen molar-refractivity contribution in [3.8, 4) is 11.5 Å². The van der Waals surface area contributed by atoms with Gasteiger partial charge in [-0.15, -0.1) is 0 Å². The molecule has 0 saturated carbocycles. The van der Waals surface area contributed by atoms with Crippen molar-refractivity contribution in [2.75, 3.05) is 50.2 Å². The van der Waals surface area contributed by atoms with E-state index in [2.05, 4.69) is 16.7 Å². The van der Waals surface area contributed by atoms with Crippen molar-refractivity contribution in [1.29, 1.82) is 0 Å². The van der Waals surface area contributed by atoms with E-state index >= 15 is 0 Å². The summed E-state index contributed by atoms with van der Waals surface area (Å²) in [4.78, 5) is 14.4. The maximum atomic E-state index is 6.39. The summed E-state index contributed by atoms with van der Waals surface area (Å²) in [5, 5.41) is 2.81. The van der Waals surface area contributed by atoms with Crippen molar-refractivity contribution < 1.29 is 9.47 Å². The molecule has 9 heteroatoms. The molecule has 1 aliphatic rings. The first-order valence-electron chi connectivity index (χ1n) is 9.66. The molecule has 0 spiro atoms. The lowest BCUT2D eigenvalue weighted by molar-refractivity contribution is 0.410. The Labute approximate surface area is 187 Å². The number of ether oxygens (including phenoxy) is 2. The number of fused-ring (bicyclic) bond motifs is 2. The molecule has 2 aromatic heterocycles. The quantitative estimate of drug-likeness (QED) is 0.416. The Morgan fingerprint density at radius 2 is 1.37 bits per heavy atom. The van der Waals surface area contributed by atoms with E-state index in [0.717, 1.165) is 79.0 Å². The molecule has 4 aromatic rings. The van der Waals surface area contributed by atoms with Crippen LogP contribution in [-0.2, 0) is 0 Å². The first-order valence-corrected chi connectivity index (χ1v) is 11.7. The number of nitrogens with zero attached hydrogens (tertiary/aromatic N) is 4. The number of anilines is 2. The van der Waals surface area contributed by atoms with Gasteiger partial charge in [0.15, 0.2) is 10.3 Å². The summed E-state index contributed by atoms with van der Waals surface area (Å²) in [5.41, 5.74) is 3.03. The van der Waals surface area contributed by atoms with Gasteiger partial charge in [-0.05, 0) is 30.7 Å². The Kier molecular flexibility index (Phi) is 5.08. The molecule has 1 fully saturated rings. The minimum Gasteiger partial charge on any atom is -0.495 e. The fourth-order valence-electron chi connectivity index (χ4n) is 3.72. The number of hydrogen-bond acceptors (Lipinski definition) is 8. The van der Waals surface area contributed by atoms with Crippen LogP contribution in [-0.4, -0.2) is 50.4 Å².